The Balaban J connectivity index is 3.12. The van der Waals surface area contributed by atoms with Crippen LogP contribution in [-0.4, -0.2) is 8.07 Å². The van der Waals surface area contributed by atoms with Gasteiger partial charge in [-0.25, -0.2) is 0 Å². The van der Waals surface area contributed by atoms with Crippen LogP contribution < -0.4 is 5.73 Å². The predicted octanol–water partition coefficient (Wildman–Crippen LogP) is 3.11. The molecule has 0 saturated heterocycles. The van der Waals surface area contributed by atoms with Gasteiger partial charge in [0.1, 0.15) is 8.07 Å². The average molecular weight is 217 g/mol. The van der Waals surface area contributed by atoms with E-state index in [1.165, 1.54) is 0 Å². The Labute approximate surface area is 93.7 Å². The molecule has 0 fully saturated rings. The maximum absolute atomic E-state index is 5.89. The van der Waals surface area contributed by atoms with Gasteiger partial charge < -0.3 is 5.73 Å². The Morgan fingerprint density at radius 3 is 1.93 bits per heavy atom. The van der Waals surface area contributed by atoms with E-state index >= 15 is 0 Å². The van der Waals surface area contributed by atoms with Gasteiger partial charge in [0.2, 0.25) is 0 Å². The smallest absolute Gasteiger partial charge is 0.129 e. The van der Waals surface area contributed by atoms with Gasteiger partial charge >= 0.3 is 0 Å². The molecule has 1 rings (SSSR count). The first-order valence-electron chi connectivity index (χ1n) is 5.19. The van der Waals surface area contributed by atoms with Gasteiger partial charge in [0.15, 0.2) is 0 Å². The summed E-state index contributed by atoms with van der Waals surface area (Å²) in [5, 5.41) is 0. The second-order valence-corrected chi connectivity index (χ2v) is 9.77. The molecule has 0 amide bonds. The zero-order valence-electron chi connectivity index (χ0n) is 10.2. The third-order valence-electron chi connectivity index (χ3n) is 2.18. The Bertz CT molecular complexity index is 407. The predicted molar refractivity (Wildman–Crippen MR) is 70.6 cm³/mol. The third kappa shape index (κ3) is 3.45. The Hall–Kier alpha value is -1.20. The van der Waals surface area contributed by atoms with Crippen molar-refractivity contribution >= 4 is 13.8 Å². The van der Waals surface area contributed by atoms with Gasteiger partial charge in [0, 0.05) is 11.3 Å². The van der Waals surface area contributed by atoms with Crippen molar-refractivity contribution in [2.75, 3.05) is 5.73 Å². The molecule has 0 aliphatic carbocycles. The Morgan fingerprint density at radius 1 is 1.07 bits per heavy atom. The highest BCUT2D eigenvalue weighted by atomic mass is 28.3. The van der Waals surface area contributed by atoms with Crippen LogP contribution in [0.25, 0.3) is 0 Å². The second-order valence-electron chi connectivity index (χ2n) is 5.02. The van der Waals surface area contributed by atoms with Crippen molar-refractivity contribution < 1.29 is 0 Å². The van der Waals surface area contributed by atoms with Gasteiger partial charge in [0.05, 0.1) is 0 Å². The fraction of sp³-hybridized carbons (Fsp3) is 0.385. The molecule has 0 saturated carbocycles. The highest BCUT2D eigenvalue weighted by molar-refractivity contribution is 6.83. The van der Waals surface area contributed by atoms with Crippen LogP contribution in [0.5, 0.6) is 0 Å². The topological polar surface area (TPSA) is 26.0 Å². The van der Waals surface area contributed by atoms with Crippen molar-refractivity contribution in [3.8, 4) is 11.5 Å². The molecule has 1 aromatic rings. The van der Waals surface area contributed by atoms with E-state index in [-0.39, 0.29) is 0 Å². The van der Waals surface area contributed by atoms with E-state index in [9.17, 15) is 0 Å². The van der Waals surface area contributed by atoms with Crippen LogP contribution in [0.15, 0.2) is 12.1 Å². The zero-order valence-corrected chi connectivity index (χ0v) is 11.2. The molecule has 0 spiro atoms. The fourth-order valence-electron chi connectivity index (χ4n) is 1.31. The van der Waals surface area contributed by atoms with Crippen molar-refractivity contribution in [1.82, 2.24) is 0 Å². The normalized spacial score (nSPS) is 10.7. The quantitative estimate of drug-likeness (QED) is 0.403. The van der Waals surface area contributed by atoms with Gasteiger partial charge in [0.25, 0.3) is 0 Å². The molecule has 2 heteroatoms. The first-order valence-corrected chi connectivity index (χ1v) is 8.69. The lowest BCUT2D eigenvalue weighted by Gasteiger charge is -2.06. The molecule has 0 aliphatic rings. The van der Waals surface area contributed by atoms with Crippen LogP contribution in [0.3, 0.4) is 0 Å². The molecule has 80 valence electrons. The molecular formula is C13H19NSi. The number of rotatable bonds is 0. The Kier molecular flexibility index (Phi) is 3.26. The van der Waals surface area contributed by atoms with E-state index in [1.54, 1.807) is 0 Å². The highest BCUT2D eigenvalue weighted by Crippen LogP contribution is 2.18. The number of nitrogen functional groups attached to an aromatic ring is 1. The van der Waals surface area contributed by atoms with Gasteiger partial charge in [-0.1, -0.05) is 25.6 Å². The van der Waals surface area contributed by atoms with Gasteiger partial charge in [-0.2, -0.15) is 0 Å². The molecule has 15 heavy (non-hydrogen) atoms. The largest absolute Gasteiger partial charge is 0.398 e. The van der Waals surface area contributed by atoms with Crippen molar-refractivity contribution in [3.63, 3.8) is 0 Å². The van der Waals surface area contributed by atoms with Crippen molar-refractivity contribution in [2.24, 2.45) is 0 Å². The highest BCUT2D eigenvalue weighted by Gasteiger charge is 2.07. The monoisotopic (exact) mass is 217 g/mol. The van der Waals surface area contributed by atoms with E-state index in [2.05, 4.69) is 43.2 Å². The van der Waals surface area contributed by atoms with Crippen LogP contribution in [0.1, 0.15) is 16.7 Å². The molecule has 1 nitrogen and oxygen atoms in total. The number of benzene rings is 1. The molecule has 2 N–H and O–H groups in total. The van der Waals surface area contributed by atoms with E-state index in [4.69, 9.17) is 5.73 Å². The first kappa shape index (κ1) is 11.9. The summed E-state index contributed by atoms with van der Waals surface area (Å²) in [4.78, 5) is 0. The SMILES string of the molecule is Cc1cc(C#C[Si](C)(C)C)cc(C)c1N. The lowest BCUT2D eigenvalue weighted by Crippen LogP contribution is -2.16. The number of aryl methyl sites for hydroxylation is 2. The Morgan fingerprint density at radius 2 is 1.53 bits per heavy atom. The molecule has 0 heterocycles. The molecular weight excluding hydrogens is 198 g/mol. The average Bonchev–Trinajstić information content (AvgIpc) is 2.09. The molecule has 0 atom stereocenters. The summed E-state index contributed by atoms with van der Waals surface area (Å²) in [5.41, 5.74) is 13.5. The van der Waals surface area contributed by atoms with E-state index < -0.39 is 8.07 Å². The summed E-state index contributed by atoms with van der Waals surface area (Å²) in [7, 11) is -1.28. The minimum absolute atomic E-state index is 0.883. The standard InChI is InChI=1S/C13H19NSi/c1-10-8-12(6-7-15(3,4)5)9-11(2)13(10)14/h8-9H,14H2,1-5H3. The molecule has 0 radical (unpaired) electrons. The summed E-state index contributed by atoms with van der Waals surface area (Å²) in [6.45, 7) is 10.8. The number of nitrogens with two attached hydrogens (primary N) is 1. The minimum Gasteiger partial charge on any atom is -0.398 e. The molecule has 0 aromatic heterocycles. The van der Waals surface area contributed by atoms with Gasteiger partial charge in [-0.15, -0.1) is 5.54 Å². The van der Waals surface area contributed by atoms with E-state index in [0.29, 0.717) is 0 Å². The van der Waals surface area contributed by atoms with Crippen molar-refractivity contribution in [3.05, 3.63) is 28.8 Å². The summed E-state index contributed by atoms with van der Waals surface area (Å²) in [6, 6.07) is 4.13. The van der Waals surface area contributed by atoms with Crippen LogP contribution in [0.2, 0.25) is 19.6 Å². The van der Waals surface area contributed by atoms with E-state index in [1.807, 2.05) is 13.8 Å². The fourth-order valence-corrected chi connectivity index (χ4v) is 1.83. The van der Waals surface area contributed by atoms with Crippen LogP contribution >= 0.6 is 0 Å². The van der Waals surface area contributed by atoms with Crippen molar-refractivity contribution in [1.29, 1.82) is 0 Å². The molecule has 0 unspecified atom stereocenters. The van der Waals surface area contributed by atoms with E-state index in [0.717, 1.165) is 22.4 Å². The molecule has 1 aromatic carbocycles. The maximum atomic E-state index is 5.89. The lowest BCUT2D eigenvalue weighted by molar-refractivity contribution is 1.37. The molecule has 0 bridgehead atoms. The lowest BCUT2D eigenvalue weighted by atomic mass is 10.1. The van der Waals surface area contributed by atoms with Gasteiger partial charge in [-0.05, 0) is 37.1 Å². The second kappa shape index (κ2) is 4.12. The minimum atomic E-state index is -1.28. The number of anilines is 1. The van der Waals surface area contributed by atoms with Gasteiger partial charge in [-0.3, -0.25) is 0 Å². The third-order valence-corrected chi connectivity index (χ3v) is 3.05. The maximum Gasteiger partial charge on any atom is 0.129 e. The summed E-state index contributed by atoms with van der Waals surface area (Å²) >= 11 is 0. The number of hydrogen-bond donors (Lipinski definition) is 1. The van der Waals surface area contributed by atoms with Crippen LogP contribution in [0.4, 0.5) is 5.69 Å². The summed E-state index contributed by atoms with van der Waals surface area (Å²) < 4.78 is 0. The number of hydrogen-bond acceptors (Lipinski definition) is 1. The summed E-state index contributed by atoms with van der Waals surface area (Å²) in [6.07, 6.45) is 0. The first-order chi connectivity index (χ1) is 6.79. The zero-order chi connectivity index (χ0) is 11.6. The molecule has 0 aliphatic heterocycles. The summed E-state index contributed by atoms with van der Waals surface area (Å²) in [5.74, 6) is 3.25. The van der Waals surface area contributed by atoms with Crippen LogP contribution in [-0.2, 0) is 0 Å². The van der Waals surface area contributed by atoms with Crippen LogP contribution in [0, 0.1) is 25.3 Å². The van der Waals surface area contributed by atoms with Crippen molar-refractivity contribution in [2.45, 2.75) is 33.5 Å².